The van der Waals surface area contributed by atoms with Gasteiger partial charge in [-0.2, -0.15) is 0 Å². The topological polar surface area (TPSA) is 12.4 Å². The maximum Gasteiger partial charge on any atom is 0.107 e. The van der Waals surface area contributed by atoms with E-state index in [-0.39, 0.29) is 0 Å². The zero-order valence-corrected chi connectivity index (χ0v) is 9.00. The summed E-state index contributed by atoms with van der Waals surface area (Å²) in [6, 6.07) is 0. The predicted octanol–water partition coefficient (Wildman–Crippen LogP) is 3.24. The fourth-order valence-corrected chi connectivity index (χ4v) is 3.97. The van der Waals surface area contributed by atoms with Crippen LogP contribution in [0.4, 0.5) is 0 Å². The summed E-state index contributed by atoms with van der Waals surface area (Å²) in [6.45, 7) is 6.77. The van der Waals surface area contributed by atoms with Gasteiger partial charge < -0.3 is 0 Å². The Kier molecular flexibility index (Phi) is 1.80. The summed E-state index contributed by atoms with van der Waals surface area (Å²) >= 11 is 2.08. The van der Waals surface area contributed by atoms with Crippen LogP contribution in [0.1, 0.15) is 46.5 Å². The molecule has 12 heavy (non-hydrogen) atoms. The lowest BCUT2D eigenvalue weighted by atomic mass is 10.1. The van der Waals surface area contributed by atoms with Crippen LogP contribution in [-0.2, 0) is 0 Å². The van der Waals surface area contributed by atoms with Gasteiger partial charge in [-0.25, -0.2) is 0 Å². The monoisotopic (exact) mass is 183 g/mol. The van der Waals surface area contributed by atoms with E-state index in [1.807, 2.05) is 0 Å². The molecule has 0 saturated heterocycles. The molecule has 0 N–H and O–H groups in total. The third kappa shape index (κ3) is 1.20. The number of hydrogen-bond donors (Lipinski definition) is 0. The van der Waals surface area contributed by atoms with Crippen LogP contribution in [0.3, 0.4) is 0 Å². The van der Waals surface area contributed by atoms with Gasteiger partial charge in [-0.1, -0.05) is 12.8 Å². The Balaban J connectivity index is 2.25. The van der Waals surface area contributed by atoms with Gasteiger partial charge in [-0.15, -0.1) is 11.8 Å². The average molecular weight is 183 g/mol. The normalized spacial score (nSPS) is 31.1. The highest BCUT2D eigenvalue weighted by molar-refractivity contribution is 8.03. The number of rotatable bonds is 0. The van der Waals surface area contributed by atoms with E-state index < -0.39 is 0 Å². The summed E-state index contributed by atoms with van der Waals surface area (Å²) in [5.41, 5.74) is 1.34. The van der Waals surface area contributed by atoms with Crippen LogP contribution in [0, 0.1) is 0 Å². The summed E-state index contributed by atoms with van der Waals surface area (Å²) in [5.74, 6) is 0. The molecule has 0 bridgehead atoms. The molecule has 0 aromatic carbocycles. The Morgan fingerprint density at radius 3 is 2.25 bits per heavy atom. The van der Waals surface area contributed by atoms with Crippen LogP contribution in [0.25, 0.3) is 0 Å². The van der Waals surface area contributed by atoms with E-state index in [0.717, 1.165) is 0 Å². The van der Waals surface area contributed by atoms with E-state index in [9.17, 15) is 0 Å². The second-order valence-corrected chi connectivity index (χ2v) is 6.45. The molecule has 1 fully saturated rings. The largest absolute Gasteiger partial charge is 0.275 e. The van der Waals surface area contributed by atoms with Gasteiger partial charge in [0.2, 0.25) is 0 Å². The second-order valence-electron chi connectivity index (χ2n) is 4.46. The van der Waals surface area contributed by atoms with E-state index in [1.54, 1.807) is 0 Å². The summed E-state index contributed by atoms with van der Waals surface area (Å²) in [6.07, 6.45) is 5.36. The lowest BCUT2D eigenvalue weighted by Gasteiger charge is -2.23. The van der Waals surface area contributed by atoms with Gasteiger partial charge >= 0.3 is 0 Å². The molecule has 1 aliphatic carbocycles. The molecule has 0 amide bonds. The van der Waals surface area contributed by atoms with E-state index in [1.165, 1.54) is 31.4 Å². The first kappa shape index (κ1) is 8.61. The molecule has 1 nitrogen and oxygen atoms in total. The highest BCUT2D eigenvalue weighted by Gasteiger charge is 2.45. The van der Waals surface area contributed by atoms with Gasteiger partial charge in [-0.3, -0.25) is 4.99 Å². The van der Waals surface area contributed by atoms with Gasteiger partial charge in [0, 0.05) is 5.71 Å². The van der Waals surface area contributed by atoms with E-state index in [2.05, 4.69) is 32.5 Å². The summed E-state index contributed by atoms with van der Waals surface area (Å²) in [5, 5.41) is 0. The highest BCUT2D eigenvalue weighted by Crippen LogP contribution is 2.53. The first-order valence-corrected chi connectivity index (χ1v) is 5.63. The standard InChI is InChI=1S/C10H17NS/c1-8-9(2,3)12-10(11-8)6-4-5-7-10/h4-7H2,1-3H3. The Morgan fingerprint density at radius 1 is 1.25 bits per heavy atom. The van der Waals surface area contributed by atoms with Crippen molar-refractivity contribution in [3.63, 3.8) is 0 Å². The Labute approximate surface area is 79.0 Å². The van der Waals surface area contributed by atoms with Crippen molar-refractivity contribution < 1.29 is 0 Å². The molecule has 68 valence electrons. The van der Waals surface area contributed by atoms with E-state index >= 15 is 0 Å². The zero-order chi connectivity index (χ0) is 8.82. The molecule has 0 aromatic rings. The fourth-order valence-electron chi connectivity index (χ4n) is 2.15. The van der Waals surface area contributed by atoms with Crippen LogP contribution in [0.15, 0.2) is 4.99 Å². The van der Waals surface area contributed by atoms with Crippen molar-refractivity contribution in [1.29, 1.82) is 0 Å². The highest BCUT2D eigenvalue weighted by atomic mass is 32.2. The van der Waals surface area contributed by atoms with Crippen LogP contribution in [0.2, 0.25) is 0 Å². The number of hydrogen-bond acceptors (Lipinski definition) is 2. The number of aliphatic imine (C=N–C) groups is 1. The minimum atomic E-state index is 0.296. The maximum absolute atomic E-state index is 4.85. The van der Waals surface area contributed by atoms with E-state index in [0.29, 0.717) is 9.62 Å². The minimum absolute atomic E-state index is 0.296. The van der Waals surface area contributed by atoms with Gasteiger partial charge in [0.25, 0.3) is 0 Å². The van der Waals surface area contributed by atoms with Gasteiger partial charge in [-0.05, 0) is 33.6 Å². The van der Waals surface area contributed by atoms with Crippen molar-refractivity contribution in [1.82, 2.24) is 0 Å². The quantitative estimate of drug-likeness (QED) is 0.561. The minimum Gasteiger partial charge on any atom is -0.275 e. The smallest absolute Gasteiger partial charge is 0.107 e. The van der Waals surface area contributed by atoms with Crippen molar-refractivity contribution >= 4 is 17.5 Å². The third-order valence-electron chi connectivity index (χ3n) is 3.07. The van der Waals surface area contributed by atoms with E-state index in [4.69, 9.17) is 4.99 Å². The lowest BCUT2D eigenvalue weighted by Crippen LogP contribution is -2.22. The summed E-state index contributed by atoms with van der Waals surface area (Å²) in [7, 11) is 0. The molecule has 2 rings (SSSR count). The summed E-state index contributed by atoms with van der Waals surface area (Å²) in [4.78, 5) is 5.15. The third-order valence-corrected chi connectivity index (χ3v) is 4.76. The molecule has 2 aliphatic rings. The first-order chi connectivity index (χ1) is 5.54. The molecule has 0 unspecified atom stereocenters. The molecule has 0 aromatic heterocycles. The van der Waals surface area contributed by atoms with Crippen LogP contribution < -0.4 is 0 Å². The molecule has 0 radical (unpaired) electrons. The number of nitrogens with zero attached hydrogens (tertiary/aromatic N) is 1. The Bertz CT molecular complexity index is 224. The number of thioether (sulfide) groups is 1. The van der Waals surface area contributed by atoms with Crippen LogP contribution in [0.5, 0.6) is 0 Å². The Morgan fingerprint density at radius 2 is 1.83 bits per heavy atom. The molecular formula is C10H17NS. The molecule has 1 spiro atoms. The first-order valence-electron chi connectivity index (χ1n) is 4.81. The van der Waals surface area contributed by atoms with Crippen molar-refractivity contribution in [2.75, 3.05) is 0 Å². The Hall–Kier alpha value is 0.0200. The average Bonchev–Trinajstić information content (AvgIpc) is 2.42. The predicted molar refractivity (Wildman–Crippen MR) is 56.0 cm³/mol. The fraction of sp³-hybridized carbons (Fsp3) is 0.900. The summed E-state index contributed by atoms with van der Waals surface area (Å²) < 4.78 is 0.296. The van der Waals surface area contributed by atoms with Crippen molar-refractivity contribution in [2.24, 2.45) is 4.99 Å². The van der Waals surface area contributed by atoms with Gasteiger partial charge in [0.05, 0.1) is 4.75 Å². The van der Waals surface area contributed by atoms with Crippen LogP contribution in [-0.4, -0.2) is 15.3 Å². The molecule has 1 saturated carbocycles. The van der Waals surface area contributed by atoms with Gasteiger partial charge in [0.1, 0.15) is 4.87 Å². The van der Waals surface area contributed by atoms with Gasteiger partial charge in [0.15, 0.2) is 0 Å². The lowest BCUT2D eigenvalue weighted by molar-refractivity contribution is 0.650. The van der Waals surface area contributed by atoms with Crippen molar-refractivity contribution in [3.05, 3.63) is 0 Å². The van der Waals surface area contributed by atoms with Crippen molar-refractivity contribution in [2.45, 2.75) is 56.1 Å². The SMILES string of the molecule is CC1=NC2(CCCC2)SC1(C)C. The molecule has 0 atom stereocenters. The van der Waals surface area contributed by atoms with Crippen LogP contribution >= 0.6 is 11.8 Å². The van der Waals surface area contributed by atoms with Crippen molar-refractivity contribution in [3.8, 4) is 0 Å². The maximum atomic E-state index is 4.85. The molecule has 1 heterocycles. The molecule has 2 heteroatoms. The molecular weight excluding hydrogens is 166 g/mol. The molecule has 1 aliphatic heterocycles. The zero-order valence-electron chi connectivity index (χ0n) is 8.18. The second kappa shape index (κ2) is 2.50.